The molecule has 2 aliphatic rings. The molecule has 1 heterocycles. The molecule has 1 aliphatic carbocycles. The van der Waals surface area contributed by atoms with Gasteiger partial charge in [0.05, 0.1) is 27.0 Å². The zero-order valence-corrected chi connectivity index (χ0v) is 16.6. The second kappa shape index (κ2) is 6.56. The molecule has 0 aromatic heterocycles. The number of rotatable bonds is 4. The van der Waals surface area contributed by atoms with Crippen molar-refractivity contribution in [2.45, 2.75) is 46.1 Å². The fraction of sp³-hybridized carbons (Fsp3) is 0.650. The highest BCUT2D eigenvalue weighted by molar-refractivity contribution is 5.90. The lowest BCUT2D eigenvalue weighted by atomic mass is 9.65. The Kier molecular flexibility index (Phi) is 4.71. The van der Waals surface area contributed by atoms with Gasteiger partial charge in [-0.25, -0.2) is 4.79 Å². The van der Waals surface area contributed by atoms with Crippen LogP contribution in [0.5, 0.6) is 17.2 Å². The summed E-state index contributed by atoms with van der Waals surface area (Å²) in [6.45, 7) is 7.71. The van der Waals surface area contributed by atoms with E-state index in [0.29, 0.717) is 29.0 Å². The minimum Gasteiger partial charge on any atom is -0.493 e. The lowest BCUT2D eigenvalue weighted by molar-refractivity contribution is 0.130. The van der Waals surface area contributed by atoms with Gasteiger partial charge in [-0.1, -0.05) is 20.8 Å². The van der Waals surface area contributed by atoms with E-state index in [1.54, 1.807) is 33.5 Å². The molecule has 144 valence electrons. The number of likely N-dealkylation sites (tertiary alicyclic amines) is 1. The van der Waals surface area contributed by atoms with Crippen molar-refractivity contribution in [3.05, 3.63) is 12.1 Å². The molecule has 3 rings (SSSR count). The molecule has 2 atom stereocenters. The highest BCUT2D eigenvalue weighted by Crippen LogP contribution is 2.52. The number of fused-ring (bicyclic) bond motifs is 2. The monoisotopic (exact) mass is 362 g/mol. The molecule has 2 fully saturated rings. The first-order valence-corrected chi connectivity index (χ1v) is 9.08. The predicted octanol–water partition coefficient (Wildman–Crippen LogP) is 4.14. The molecule has 1 saturated heterocycles. The van der Waals surface area contributed by atoms with E-state index in [2.05, 4.69) is 26.1 Å². The number of methoxy groups -OCH3 is 3. The molecule has 2 amide bonds. The Morgan fingerprint density at radius 2 is 1.69 bits per heavy atom. The van der Waals surface area contributed by atoms with Crippen molar-refractivity contribution in [2.75, 3.05) is 33.2 Å². The third-order valence-corrected chi connectivity index (χ3v) is 5.59. The summed E-state index contributed by atoms with van der Waals surface area (Å²) in [7, 11) is 4.69. The molecule has 0 spiro atoms. The maximum Gasteiger partial charge on any atom is 0.322 e. The van der Waals surface area contributed by atoms with E-state index in [1.165, 1.54) is 0 Å². The number of nitrogens with one attached hydrogen (secondary N) is 1. The molecule has 1 saturated carbocycles. The van der Waals surface area contributed by atoms with Gasteiger partial charge >= 0.3 is 6.03 Å². The van der Waals surface area contributed by atoms with Gasteiger partial charge in [0, 0.05) is 24.7 Å². The van der Waals surface area contributed by atoms with Crippen LogP contribution < -0.4 is 19.5 Å². The molecule has 1 N–H and O–H groups in total. The van der Waals surface area contributed by atoms with Crippen molar-refractivity contribution in [3.63, 3.8) is 0 Å². The van der Waals surface area contributed by atoms with Crippen LogP contribution in [-0.2, 0) is 0 Å². The maximum absolute atomic E-state index is 13.0. The highest BCUT2D eigenvalue weighted by Gasteiger charge is 2.51. The summed E-state index contributed by atoms with van der Waals surface area (Å²) in [5, 5.41) is 3.01. The summed E-state index contributed by atoms with van der Waals surface area (Å²) < 4.78 is 16.1. The van der Waals surface area contributed by atoms with Crippen molar-refractivity contribution in [2.24, 2.45) is 10.8 Å². The minimum absolute atomic E-state index is 0.0642. The number of nitrogens with zero attached hydrogens (tertiary/aromatic N) is 1. The quantitative estimate of drug-likeness (QED) is 0.874. The molecule has 1 aromatic carbocycles. The Balaban J connectivity index is 1.81. The van der Waals surface area contributed by atoms with E-state index in [9.17, 15) is 4.79 Å². The van der Waals surface area contributed by atoms with Gasteiger partial charge in [-0.2, -0.15) is 0 Å². The summed E-state index contributed by atoms with van der Waals surface area (Å²) in [5.74, 6) is 1.56. The maximum atomic E-state index is 13.0. The molecule has 2 bridgehead atoms. The predicted molar refractivity (Wildman–Crippen MR) is 101 cm³/mol. The number of anilines is 1. The van der Waals surface area contributed by atoms with E-state index < -0.39 is 0 Å². The standard InChI is InChI=1S/C20H30N2O4/c1-19(2)9-14-10-20(3,11-19)12-22(14)18(23)21-13-7-15(24-4)17(26-6)16(8-13)25-5/h7-8,14H,9-12H2,1-6H3,(H,21,23). The van der Waals surface area contributed by atoms with Gasteiger partial charge in [0.2, 0.25) is 5.75 Å². The van der Waals surface area contributed by atoms with Gasteiger partial charge in [0.15, 0.2) is 11.5 Å². The largest absolute Gasteiger partial charge is 0.493 e. The van der Waals surface area contributed by atoms with Gasteiger partial charge < -0.3 is 24.4 Å². The fourth-order valence-electron chi connectivity index (χ4n) is 5.05. The number of carbonyl (C=O) groups is 1. The Labute approximate surface area is 155 Å². The zero-order valence-electron chi connectivity index (χ0n) is 16.6. The second-order valence-corrected chi connectivity index (χ2v) is 8.69. The Bertz CT molecular complexity index is 678. The van der Waals surface area contributed by atoms with Crippen molar-refractivity contribution in [3.8, 4) is 17.2 Å². The summed E-state index contributed by atoms with van der Waals surface area (Å²) in [5.41, 5.74) is 1.12. The first kappa shape index (κ1) is 18.7. The van der Waals surface area contributed by atoms with Gasteiger partial charge in [-0.15, -0.1) is 0 Å². The number of hydrogen-bond acceptors (Lipinski definition) is 4. The van der Waals surface area contributed by atoms with Crippen molar-refractivity contribution < 1.29 is 19.0 Å². The smallest absolute Gasteiger partial charge is 0.322 e. The van der Waals surface area contributed by atoms with Crippen LogP contribution in [0.4, 0.5) is 10.5 Å². The van der Waals surface area contributed by atoms with Crippen molar-refractivity contribution in [1.29, 1.82) is 0 Å². The zero-order chi connectivity index (χ0) is 19.1. The number of hydrogen-bond donors (Lipinski definition) is 1. The van der Waals surface area contributed by atoms with E-state index in [4.69, 9.17) is 14.2 Å². The van der Waals surface area contributed by atoms with Crippen LogP contribution in [-0.4, -0.2) is 44.8 Å². The summed E-state index contributed by atoms with van der Waals surface area (Å²) >= 11 is 0. The third-order valence-electron chi connectivity index (χ3n) is 5.59. The average Bonchev–Trinajstić information content (AvgIpc) is 2.82. The van der Waals surface area contributed by atoms with Crippen LogP contribution in [0.2, 0.25) is 0 Å². The third kappa shape index (κ3) is 3.41. The van der Waals surface area contributed by atoms with Crippen LogP contribution in [0.1, 0.15) is 40.0 Å². The lowest BCUT2D eigenvalue weighted by Crippen LogP contribution is -2.40. The summed E-state index contributed by atoms with van der Waals surface area (Å²) in [4.78, 5) is 15.0. The van der Waals surface area contributed by atoms with Gasteiger partial charge in [-0.05, 0) is 30.1 Å². The van der Waals surface area contributed by atoms with Crippen LogP contribution >= 0.6 is 0 Å². The van der Waals surface area contributed by atoms with E-state index in [1.807, 2.05) is 4.90 Å². The molecule has 6 heteroatoms. The molecule has 0 radical (unpaired) electrons. The molecular formula is C20H30N2O4. The van der Waals surface area contributed by atoms with Gasteiger partial charge in [0.1, 0.15) is 0 Å². The number of benzene rings is 1. The van der Waals surface area contributed by atoms with Crippen LogP contribution in [0.25, 0.3) is 0 Å². The molecule has 26 heavy (non-hydrogen) atoms. The Hall–Kier alpha value is -2.11. The highest BCUT2D eigenvalue weighted by atomic mass is 16.5. The van der Waals surface area contributed by atoms with E-state index >= 15 is 0 Å². The first-order valence-electron chi connectivity index (χ1n) is 9.08. The molecule has 1 aromatic rings. The summed E-state index contributed by atoms with van der Waals surface area (Å²) in [6.07, 6.45) is 3.29. The molecule has 1 aliphatic heterocycles. The van der Waals surface area contributed by atoms with Gasteiger partial charge in [0.25, 0.3) is 0 Å². The normalized spacial score (nSPS) is 26.4. The van der Waals surface area contributed by atoms with E-state index in [0.717, 1.165) is 25.8 Å². The minimum atomic E-state index is -0.0642. The van der Waals surface area contributed by atoms with Crippen LogP contribution in [0.15, 0.2) is 12.1 Å². The number of urea groups is 1. The number of amides is 2. The molecule has 6 nitrogen and oxygen atoms in total. The fourth-order valence-corrected chi connectivity index (χ4v) is 5.05. The average molecular weight is 362 g/mol. The van der Waals surface area contributed by atoms with Crippen molar-refractivity contribution >= 4 is 11.7 Å². The molecular weight excluding hydrogens is 332 g/mol. The van der Waals surface area contributed by atoms with E-state index in [-0.39, 0.29) is 16.9 Å². The number of carbonyl (C=O) groups excluding carboxylic acids is 1. The summed E-state index contributed by atoms with van der Waals surface area (Å²) in [6, 6.07) is 3.75. The van der Waals surface area contributed by atoms with Gasteiger partial charge in [-0.3, -0.25) is 0 Å². The molecule has 2 unspecified atom stereocenters. The number of ether oxygens (including phenoxy) is 3. The SMILES string of the molecule is COc1cc(NC(=O)N2CC3(C)CC2CC(C)(C)C3)cc(OC)c1OC. The Morgan fingerprint density at radius 1 is 1.08 bits per heavy atom. The topological polar surface area (TPSA) is 60.0 Å². The lowest BCUT2D eigenvalue weighted by Gasteiger charge is -2.39. The first-order chi connectivity index (χ1) is 12.2. The Morgan fingerprint density at radius 3 is 2.23 bits per heavy atom. The second-order valence-electron chi connectivity index (χ2n) is 8.69. The van der Waals surface area contributed by atoms with Crippen LogP contribution in [0.3, 0.4) is 0 Å². The van der Waals surface area contributed by atoms with Crippen molar-refractivity contribution in [1.82, 2.24) is 4.90 Å². The van der Waals surface area contributed by atoms with Crippen LogP contribution in [0, 0.1) is 10.8 Å².